The number of rotatable bonds is 4. The van der Waals surface area contributed by atoms with Crippen molar-refractivity contribution in [3.05, 3.63) is 34.8 Å². The fourth-order valence-corrected chi connectivity index (χ4v) is 3.16. The van der Waals surface area contributed by atoms with E-state index in [1.165, 1.54) is 4.90 Å². The molecule has 1 unspecified atom stereocenters. The second kappa shape index (κ2) is 5.54. The Balaban J connectivity index is 1.77. The minimum absolute atomic E-state index is 0.159. The van der Waals surface area contributed by atoms with Crippen LogP contribution in [-0.2, 0) is 14.6 Å². The highest BCUT2D eigenvalue weighted by atomic mass is 32.2. The van der Waals surface area contributed by atoms with Gasteiger partial charge in [-0.25, -0.2) is 18.0 Å². The van der Waals surface area contributed by atoms with E-state index in [-0.39, 0.29) is 18.1 Å². The number of ether oxygens (including phenoxy) is 1. The summed E-state index contributed by atoms with van der Waals surface area (Å²) in [5, 5.41) is 3.57. The number of cyclic esters (lactones) is 1. The number of carbonyl (C=O) groups excluding carboxylic acids is 1. The van der Waals surface area contributed by atoms with Gasteiger partial charge in [-0.2, -0.15) is 0 Å². The van der Waals surface area contributed by atoms with Crippen LogP contribution in [0.15, 0.2) is 33.6 Å². The van der Waals surface area contributed by atoms with Gasteiger partial charge in [0.1, 0.15) is 6.10 Å². The van der Waals surface area contributed by atoms with E-state index < -0.39 is 27.8 Å². The molecule has 9 nitrogen and oxygen atoms in total. The first-order valence-electron chi connectivity index (χ1n) is 6.64. The van der Waals surface area contributed by atoms with Crippen molar-refractivity contribution in [2.24, 2.45) is 0 Å². The Kier molecular flexibility index (Phi) is 3.68. The van der Waals surface area contributed by atoms with E-state index in [0.717, 1.165) is 6.26 Å². The fourth-order valence-electron chi connectivity index (χ4n) is 2.31. The van der Waals surface area contributed by atoms with Crippen LogP contribution in [0.2, 0.25) is 0 Å². The molecule has 0 radical (unpaired) electrons. The zero-order chi connectivity index (χ0) is 16.6. The molecule has 1 atom stereocenters. The van der Waals surface area contributed by atoms with E-state index >= 15 is 0 Å². The van der Waals surface area contributed by atoms with Crippen LogP contribution in [0.4, 0.5) is 10.5 Å². The third-order valence-corrected chi connectivity index (χ3v) is 4.23. The second-order valence-electron chi connectivity index (χ2n) is 5.20. The molecule has 0 spiro atoms. The van der Waals surface area contributed by atoms with Crippen molar-refractivity contribution in [3.8, 4) is 11.4 Å². The molecule has 1 aromatic heterocycles. The van der Waals surface area contributed by atoms with Crippen molar-refractivity contribution in [2.75, 3.05) is 23.5 Å². The average molecular weight is 339 g/mol. The molecule has 1 saturated heterocycles. The average Bonchev–Trinajstić information content (AvgIpc) is 3.03. The fraction of sp³-hybridized carbons (Fsp3) is 0.308. The minimum Gasteiger partial charge on any atom is -0.443 e. The lowest BCUT2D eigenvalue weighted by atomic mass is 10.2. The van der Waals surface area contributed by atoms with Crippen molar-refractivity contribution in [1.29, 1.82) is 0 Å². The third kappa shape index (κ3) is 3.42. The lowest BCUT2D eigenvalue weighted by Gasteiger charge is -2.13. The molecule has 1 aromatic carbocycles. The maximum absolute atomic E-state index is 11.9. The molecule has 10 heteroatoms. The molecule has 0 saturated carbocycles. The summed E-state index contributed by atoms with van der Waals surface area (Å²) >= 11 is 0. The number of nitrogens with one attached hydrogen (secondary N) is 1. The van der Waals surface area contributed by atoms with Gasteiger partial charge in [0, 0.05) is 17.5 Å². The topological polar surface area (TPSA) is 123 Å². The summed E-state index contributed by atoms with van der Waals surface area (Å²) in [5.74, 6) is -0.593. The molecule has 1 fully saturated rings. The van der Waals surface area contributed by atoms with Crippen LogP contribution in [-0.4, -0.2) is 49.3 Å². The number of H-pyrrole nitrogens is 1. The number of benzene rings is 1. The molecule has 1 N–H and O–H groups in total. The second-order valence-corrected chi connectivity index (χ2v) is 7.38. The number of hydrogen-bond acceptors (Lipinski definition) is 7. The lowest BCUT2D eigenvalue weighted by Crippen LogP contribution is -2.27. The highest BCUT2D eigenvalue weighted by Crippen LogP contribution is 2.24. The molecule has 3 rings (SSSR count). The van der Waals surface area contributed by atoms with Crippen LogP contribution in [0.25, 0.3) is 11.4 Å². The van der Waals surface area contributed by atoms with E-state index in [2.05, 4.69) is 14.7 Å². The van der Waals surface area contributed by atoms with E-state index in [0.29, 0.717) is 11.3 Å². The summed E-state index contributed by atoms with van der Waals surface area (Å²) in [6.07, 6.45) is -0.193. The summed E-state index contributed by atoms with van der Waals surface area (Å²) in [6.45, 7) is 0.159. The predicted molar refractivity (Wildman–Crippen MR) is 79.9 cm³/mol. The summed E-state index contributed by atoms with van der Waals surface area (Å²) in [5.41, 5.74) is 1.17. The van der Waals surface area contributed by atoms with Gasteiger partial charge in [0.25, 0.3) is 0 Å². The molecule has 1 aliphatic heterocycles. The van der Waals surface area contributed by atoms with Gasteiger partial charge in [0.05, 0.1) is 12.3 Å². The van der Waals surface area contributed by atoms with Crippen LogP contribution in [0.5, 0.6) is 0 Å². The Labute approximate surface area is 130 Å². The van der Waals surface area contributed by atoms with Gasteiger partial charge in [0.2, 0.25) is 0 Å². The molecule has 1 aliphatic rings. The van der Waals surface area contributed by atoms with Crippen molar-refractivity contribution in [2.45, 2.75) is 6.10 Å². The molecule has 0 bridgehead atoms. The highest BCUT2D eigenvalue weighted by molar-refractivity contribution is 7.90. The Morgan fingerprint density at radius 1 is 1.30 bits per heavy atom. The Morgan fingerprint density at radius 3 is 2.57 bits per heavy atom. The molecule has 122 valence electrons. The normalized spacial score (nSPS) is 18.2. The maximum atomic E-state index is 11.9. The van der Waals surface area contributed by atoms with Gasteiger partial charge in [-0.15, -0.1) is 0 Å². The van der Waals surface area contributed by atoms with Crippen molar-refractivity contribution < 1.29 is 22.5 Å². The van der Waals surface area contributed by atoms with Crippen LogP contribution >= 0.6 is 0 Å². The number of hydrogen-bond donors (Lipinski definition) is 1. The maximum Gasteiger partial charge on any atom is 0.439 e. The zero-order valence-corrected chi connectivity index (χ0v) is 12.9. The molecule has 2 heterocycles. The predicted octanol–water partition coefficient (Wildman–Crippen LogP) is 0.400. The van der Waals surface area contributed by atoms with Crippen molar-refractivity contribution >= 4 is 21.6 Å². The van der Waals surface area contributed by atoms with E-state index in [9.17, 15) is 18.0 Å². The van der Waals surface area contributed by atoms with Crippen molar-refractivity contribution in [1.82, 2.24) is 10.1 Å². The van der Waals surface area contributed by atoms with Gasteiger partial charge < -0.3 is 4.74 Å². The Bertz CT molecular complexity index is 883. The molecule has 0 aliphatic carbocycles. The van der Waals surface area contributed by atoms with Crippen LogP contribution < -0.4 is 10.7 Å². The minimum atomic E-state index is -3.23. The summed E-state index contributed by atoms with van der Waals surface area (Å²) in [7, 11) is -3.23. The molecule has 2 aromatic rings. The number of anilines is 1. The smallest absolute Gasteiger partial charge is 0.439 e. The first kappa shape index (κ1) is 15.3. The Morgan fingerprint density at radius 2 is 2.00 bits per heavy atom. The summed E-state index contributed by atoms with van der Waals surface area (Å²) in [6, 6.07) is 6.60. The monoisotopic (exact) mass is 339 g/mol. The number of aromatic amines is 1. The summed E-state index contributed by atoms with van der Waals surface area (Å²) < 4.78 is 32.1. The highest BCUT2D eigenvalue weighted by Gasteiger charge is 2.34. The van der Waals surface area contributed by atoms with Crippen LogP contribution in [0.3, 0.4) is 0 Å². The zero-order valence-electron chi connectivity index (χ0n) is 12.1. The molecule has 23 heavy (non-hydrogen) atoms. The molecular weight excluding hydrogens is 326 g/mol. The first-order valence-corrected chi connectivity index (χ1v) is 8.70. The standard InChI is InChI=1S/C13H13N3O6S/c1-23(19,20)7-10-6-16(13(18)21-10)9-4-2-8(3-5-9)11-14-12(17)22-15-11/h2-5,10H,6-7H2,1H3,(H,14,15,17). The number of nitrogens with zero attached hydrogens (tertiary/aromatic N) is 2. The number of sulfone groups is 1. The van der Waals surface area contributed by atoms with Gasteiger partial charge in [-0.05, 0) is 24.3 Å². The number of amides is 1. The van der Waals surface area contributed by atoms with E-state index in [4.69, 9.17) is 4.74 Å². The third-order valence-electron chi connectivity index (χ3n) is 3.26. The lowest BCUT2D eigenvalue weighted by molar-refractivity contribution is 0.151. The Hall–Kier alpha value is -2.62. The van der Waals surface area contributed by atoms with Crippen molar-refractivity contribution in [3.63, 3.8) is 0 Å². The molecule has 1 amide bonds. The molecular formula is C13H13N3O6S. The SMILES string of the molecule is CS(=O)(=O)CC1CN(c2ccc(-c3noc(=O)[nH]3)cc2)C(=O)O1. The van der Waals surface area contributed by atoms with Crippen LogP contribution in [0.1, 0.15) is 0 Å². The first-order chi connectivity index (χ1) is 10.8. The number of aromatic nitrogens is 2. The quantitative estimate of drug-likeness (QED) is 0.855. The largest absolute Gasteiger partial charge is 0.443 e. The van der Waals surface area contributed by atoms with Gasteiger partial charge >= 0.3 is 11.8 Å². The van der Waals surface area contributed by atoms with E-state index in [1.54, 1.807) is 24.3 Å². The van der Waals surface area contributed by atoms with Gasteiger partial charge in [-0.1, -0.05) is 5.16 Å². The number of carbonyl (C=O) groups is 1. The van der Waals surface area contributed by atoms with E-state index in [1.807, 2.05) is 0 Å². The van der Waals surface area contributed by atoms with Gasteiger partial charge in [0.15, 0.2) is 15.7 Å². The van der Waals surface area contributed by atoms with Gasteiger partial charge in [-0.3, -0.25) is 14.4 Å². The summed E-state index contributed by atoms with van der Waals surface area (Å²) in [4.78, 5) is 26.6. The van der Waals surface area contributed by atoms with Crippen LogP contribution in [0, 0.1) is 0 Å².